The van der Waals surface area contributed by atoms with Crippen molar-refractivity contribution in [3.05, 3.63) is 59.7 Å². The van der Waals surface area contributed by atoms with E-state index in [1.54, 1.807) is 50.5 Å². The lowest BCUT2D eigenvalue weighted by atomic mass is 9.88. The molecule has 3 rings (SSSR count). The number of methoxy groups -OCH3 is 3. The van der Waals surface area contributed by atoms with E-state index in [0.29, 0.717) is 37.6 Å². The van der Waals surface area contributed by atoms with Gasteiger partial charge in [-0.2, -0.15) is 0 Å². The monoisotopic (exact) mass is 412 g/mol. The van der Waals surface area contributed by atoms with Gasteiger partial charge in [-0.25, -0.2) is 0 Å². The van der Waals surface area contributed by atoms with Gasteiger partial charge in [0.1, 0.15) is 11.5 Å². The van der Waals surface area contributed by atoms with Gasteiger partial charge >= 0.3 is 0 Å². The van der Waals surface area contributed by atoms with Crippen molar-refractivity contribution in [3.63, 3.8) is 0 Å². The maximum Gasteiger partial charge on any atom is 0.253 e. The molecule has 1 aliphatic heterocycles. The molecule has 0 spiro atoms. The highest BCUT2D eigenvalue weighted by Crippen LogP contribution is 2.35. The normalized spacial score (nSPS) is 18.2. The van der Waals surface area contributed by atoms with E-state index in [-0.39, 0.29) is 23.7 Å². The third kappa shape index (κ3) is 4.91. The lowest BCUT2D eigenvalue weighted by Gasteiger charge is -2.18. The second kappa shape index (κ2) is 10.1. The van der Waals surface area contributed by atoms with E-state index in [1.807, 2.05) is 24.3 Å². The zero-order valence-corrected chi connectivity index (χ0v) is 17.6. The number of carbonyl (C=O) groups is 2. The average molecular weight is 412 g/mol. The van der Waals surface area contributed by atoms with E-state index >= 15 is 0 Å². The van der Waals surface area contributed by atoms with Crippen LogP contribution in [0.25, 0.3) is 0 Å². The minimum atomic E-state index is -0.351. The summed E-state index contributed by atoms with van der Waals surface area (Å²) in [5.41, 5.74) is 1.55. The summed E-state index contributed by atoms with van der Waals surface area (Å²) in [6.45, 7) is 1.69. The number of hydrogen-bond donors (Lipinski definition) is 1. The summed E-state index contributed by atoms with van der Waals surface area (Å²) in [6, 6.07) is 14.7. The molecule has 2 aromatic carbocycles. The molecule has 1 aliphatic rings. The van der Waals surface area contributed by atoms with E-state index < -0.39 is 0 Å². The first kappa shape index (κ1) is 21.6. The molecule has 30 heavy (non-hydrogen) atoms. The molecule has 0 aliphatic carbocycles. The molecule has 160 valence electrons. The third-order valence-electron chi connectivity index (χ3n) is 5.41. The van der Waals surface area contributed by atoms with Gasteiger partial charge in [-0.05, 0) is 42.0 Å². The first-order valence-electron chi connectivity index (χ1n) is 9.91. The fourth-order valence-corrected chi connectivity index (χ4v) is 3.77. The summed E-state index contributed by atoms with van der Waals surface area (Å²) in [6.07, 6.45) is 0. The van der Waals surface area contributed by atoms with Gasteiger partial charge in [0.05, 0.1) is 26.7 Å². The molecule has 0 radical (unpaired) electrons. The van der Waals surface area contributed by atoms with Crippen molar-refractivity contribution in [2.45, 2.75) is 5.92 Å². The lowest BCUT2D eigenvalue weighted by molar-refractivity contribution is -0.125. The molecule has 0 saturated carbocycles. The van der Waals surface area contributed by atoms with Crippen LogP contribution in [0.1, 0.15) is 21.8 Å². The van der Waals surface area contributed by atoms with Gasteiger partial charge < -0.3 is 24.4 Å². The summed E-state index contributed by atoms with van der Waals surface area (Å²) >= 11 is 0. The molecule has 1 saturated heterocycles. The molecule has 1 fully saturated rings. The Morgan fingerprint density at radius 2 is 1.73 bits per heavy atom. The molecule has 2 amide bonds. The van der Waals surface area contributed by atoms with E-state index in [1.165, 1.54) is 0 Å². The van der Waals surface area contributed by atoms with E-state index in [4.69, 9.17) is 14.2 Å². The highest BCUT2D eigenvalue weighted by molar-refractivity contribution is 5.95. The summed E-state index contributed by atoms with van der Waals surface area (Å²) in [7, 11) is 4.79. The molecule has 2 atom stereocenters. The van der Waals surface area contributed by atoms with Crippen LogP contribution in [0.3, 0.4) is 0 Å². The van der Waals surface area contributed by atoms with E-state index in [9.17, 15) is 9.59 Å². The molecular formula is C23H28N2O5. The molecule has 2 aromatic rings. The first-order chi connectivity index (χ1) is 14.6. The van der Waals surface area contributed by atoms with Crippen molar-refractivity contribution in [3.8, 4) is 11.5 Å². The van der Waals surface area contributed by atoms with Crippen LogP contribution < -0.4 is 14.8 Å². The van der Waals surface area contributed by atoms with Crippen LogP contribution in [0.15, 0.2) is 48.5 Å². The minimum Gasteiger partial charge on any atom is -0.497 e. The average Bonchev–Trinajstić information content (AvgIpc) is 3.24. The predicted molar refractivity (Wildman–Crippen MR) is 113 cm³/mol. The maximum atomic E-state index is 13.1. The molecule has 7 heteroatoms. The summed E-state index contributed by atoms with van der Waals surface area (Å²) in [5.74, 6) is 0.771. The van der Waals surface area contributed by atoms with Crippen molar-refractivity contribution in [1.82, 2.24) is 10.2 Å². The standard InChI is InChI=1S/C23H28N2O5/c1-28-12-11-24-22(26)21-15-25(23(27)16-7-9-18(29-2)10-8-16)14-20(21)17-5-4-6-19(13-17)30-3/h4-10,13,20-21H,11-12,14-15H2,1-3H3,(H,24,26)/t20-,21+/m1/s1. The highest BCUT2D eigenvalue weighted by atomic mass is 16.5. The number of ether oxygens (including phenoxy) is 3. The zero-order valence-electron chi connectivity index (χ0n) is 17.6. The number of nitrogens with zero attached hydrogens (tertiary/aromatic N) is 1. The summed E-state index contributed by atoms with van der Waals surface area (Å²) in [5, 5.41) is 2.92. The summed E-state index contributed by atoms with van der Waals surface area (Å²) in [4.78, 5) is 27.7. The van der Waals surface area contributed by atoms with Crippen molar-refractivity contribution >= 4 is 11.8 Å². The van der Waals surface area contributed by atoms with Crippen molar-refractivity contribution in [1.29, 1.82) is 0 Å². The van der Waals surface area contributed by atoms with Crippen LogP contribution in [-0.2, 0) is 9.53 Å². The van der Waals surface area contributed by atoms with Crippen LogP contribution in [0, 0.1) is 5.92 Å². The molecule has 7 nitrogen and oxygen atoms in total. The fourth-order valence-electron chi connectivity index (χ4n) is 3.77. The Labute approximate surface area is 176 Å². The Balaban J connectivity index is 1.82. The van der Waals surface area contributed by atoms with Gasteiger partial charge in [0, 0.05) is 38.2 Å². The molecule has 0 aromatic heterocycles. The Morgan fingerprint density at radius 1 is 1.00 bits per heavy atom. The van der Waals surface area contributed by atoms with Crippen molar-refractivity contribution in [2.75, 3.05) is 47.6 Å². The van der Waals surface area contributed by atoms with Crippen LogP contribution in [0.2, 0.25) is 0 Å². The lowest BCUT2D eigenvalue weighted by Crippen LogP contribution is -2.37. The number of amides is 2. The topological polar surface area (TPSA) is 77.1 Å². The minimum absolute atomic E-state index is 0.0788. The molecule has 1 heterocycles. The number of hydrogen-bond acceptors (Lipinski definition) is 5. The molecule has 0 bridgehead atoms. The van der Waals surface area contributed by atoms with Gasteiger partial charge in [0.25, 0.3) is 5.91 Å². The van der Waals surface area contributed by atoms with Crippen LogP contribution in [0.4, 0.5) is 0 Å². The Morgan fingerprint density at radius 3 is 2.40 bits per heavy atom. The zero-order chi connectivity index (χ0) is 21.5. The first-order valence-corrected chi connectivity index (χ1v) is 9.91. The highest BCUT2D eigenvalue weighted by Gasteiger charge is 2.40. The smallest absolute Gasteiger partial charge is 0.253 e. The van der Waals surface area contributed by atoms with Gasteiger partial charge in [-0.15, -0.1) is 0 Å². The summed E-state index contributed by atoms with van der Waals surface area (Å²) < 4.78 is 15.5. The van der Waals surface area contributed by atoms with Crippen molar-refractivity contribution in [2.24, 2.45) is 5.92 Å². The van der Waals surface area contributed by atoms with Crippen molar-refractivity contribution < 1.29 is 23.8 Å². The van der Waals surface area contributed by atoms with Crippen LogP contribution in [0.5, 0.6) is 11.5 Å². The number of likely N-dealkylation sites (tertiary alicyclic amines) is 1. The second-order valence-corrected chi connectivity index (χ2v) is 7.21. The van der Waals surface area contributed by atoms with E-state index in [0.717, 1.165) is 11.3 Å². The molecule has 1 N–H and O–H groups in total. The Hall–Kier alpha value is -3.06. The second-order valence-electron chi connectivity index (χ2n) is 7.21. The fraction of sp³-hybridized carbons (Fsp3) is 0.391. The SMILES string of the molecule is COCCNC(=O)[C@H]1CN(C(=O)c2ccc(OC)cc2)C[C@@H]1c1cccc(OC)c1. The maximum absolute atomic E-state index is 13.1. The van der Waals surface area contributed by atoms with Crippen LogP contribution in [-0.4, -0.2) is 64.3 Å². The van der Waals surface area contributed by atoms with Gasteiger partial charge in [-0.1, -0.05) is 12.1 Å². The van der Waals surface area contributed by atoms with Crippen LogP contribution >= 0.6 is 0 Å². The number of nitrogens with one attached hydrogen (secondary N) is 1. The predicted octanol–water partition coefficient (Wildman–Crippen LogP) is 2.32. The Bertz CT molecular complexity index is 868. The van der Waals surface area contributed by atoms with E-state index in [2.05, 4.69) is 5.32 Å². The number of benzene rings is 2. The van der Waals surface area contributed by atoms with Gasteiger partial charge in [-0.3, -0.25) is 9.59 Å². The molecule has 0 unspecified atom stereocenters. The van der Waals surface area contributed by atoms with Gasteiger partial charge in [0.2, 0.25) is 5.91 Å². The Kier molecular flexibility index (Phi) is 7.30. The number of rotatable bonds is 8. The largest absolute Gasteiger partial charge is 0.497 e. The quantitative estimate of drug-likeness (QED) is 0.674. The number of carbonyl (C=O) groups excluding carboxylic acids is 2. The molecular weight excluding hydrogens is 384 g/mol. The third-order valence-corrected chi connectivity index (χ3v) is 5.41. The van der Waals surface area contributed by atoms with Gasteiger partial charge in [0.15, 0.2) is 0 Å².